The monoisotopic (exact) mass is 459 g/mol. The van der Waals surface area contributed by atoms with E-state index >= 15 is 0 Å². The van der Waals surface area contributed by atoms with Crippen molar-refractivity contribution in [3.05, 3.63) is 29.5 Å². The third-order valence-electron chi connectivity index (χ3n) is 7.64. The number of hydrogen-bond acceptors (Lipinski definition) is 5. The van der Waals surface area contributed by atoms with Crippen LogP contribution in [0.2, 0.25) is 0 Å². The fourth-order valence-corrected chi connectivity index (χ4v) is 6.03. The predicted molar refractivity (Wildman–Crippen MR) is 122 cm³/mol. The summed E-state index contributed by atoms with van der Waals surface area (Å²) in [5.74, 6) is -1.51. The van der Waals surface area contributed by atoms with Crippen LogP contribution < -0.4 is 10.6 Å². The molecule has 3 aliphatic rings. The van der Waals surface area contributed by atoms with E-state index in [1.54, 1.807) is 24.3 Å². The summed E-state index contributed by atoms with van der Waals surface area (Å²) in [7, 11) is 0. The number of anilines is 2. The molecule has 3 fully saturated rings. The molecule has 0 spiro atoms. The van der Waals surface area contributed by atoms with E-state index in [-0.39, 0.29) is 60.8 Å². The topological polar surface area (TPSA) is 131 Å². The Bertz CT molecular complexity index is 937. The lowest BCUT2D eigenvalue weighted by molar-refractivity contribution is -0.913. The summed E-state index contributed by atoms with van der Waals surface area (Å²) in [5.41, 5.74) is 0.833. The van der Waals surface area contributed by atoms with Crippen molar-refractivity contribution in [3.63, 3.8) is 0 Å². The van der Waals surface area contributed by atoms with Crippen molar-refractivity contribution in [2.45, 2.75) is 76.5 Å². The number of piperidine rings is 1. The van der Waals surface area contributed by atoms with Gasteiger partial charge in [0, 0.05) is 36.1 Å². The van der Waals surface area contributed by atoms with Crippen LogP contribution in [-0.2, 0) is 19.1 Å². The van der Waals surface area contributed by atoms with Gasteiger partial charge < -0.3 is 30.3 Å². The summed E-state index contributed by atoms with van der Waals surface area (Å²) in [4.78, 5) is 35.2. The number of epoxide rings is 1. The van der Waals surface area contributed by atoms with E-state index < -0.39 is 10.6 Å². The lowest BCUT2D eigenvalue weighted by Gasteiger charge is -2.59. The standard InChI is InChI=1S/C24H33N3O6/c1-23-12-4-14-27(32,18(23)11-13-24(2)22(23)33-24)15-20(29)26-17-9-7-16(8-10-17)25-19(28)5-3-6-21(30)31/h7-10,18,22H,3-6,11-15H2,1-2H3,(H,25,28)(H,26,29)(H,30,31)/t18-,22+,23+,24-,27-/m1/s1. The Hall–Kier alpha value is -2.49. The van der Waals surface area contributed by atoms with Gasteiger partial charge in [0.1, 0.15) is 0 Å². The zero-order chi connectivity index (χ0) is 23.9. The highest BCUT2D eigenvalue weighted by Crippen LogP contribution is 2.61. The van der Waals surface area contributed by atoms with Crippen LogP contribution in [-0.4, -0.2) is 58.4 Å². The number of benzene rings is 1. The van der Waals surface area contributed by atoms with E-state index in [1.807, 2.05) is 0 Å². The molecule has 0 aromatic heterocycles. The van der Waals surface area contributed by atoms with Crippen LogP contribution in [0.5, 0.6) is 0 Å². The number of rotatable bonds is 8. The number of nitrogens with zero attached hydrogens (tertiary/aromatic N) is 1. The van der Waals surface area contributed by atoms with E-state index in [2.05, 4.69) is 24.5 Å². The van der Waals surface area contributed by atoms with Gasteiger partial charge in [0.05, 0.1) is 24.3 Å². The van der Waals surface area contributed by atoms with Crippen LogP contribution in [0.4, 0.5) is 11.4 Å². The molecule has 1 aliphatic carbocycles. The minimum Gasteiger partial charge on any atom is -0.632 e. The Morgan fingerprint density at radius 3 is 2.36 bits per heavy atom. The summed E-state index contributed by atoms with van der Waals surface area (Å²) >= 11 is 0. The van der Waals surface area contributed by atoms with E-state index in [4.69, 9.17) is 9.84 Å². The number of aliphatic carboxylic acids is 1. The molecule has 2 saturated heterocycles. The van der Waals surface area contributed by atoms with Crippen LogP contribution in [0.25, 0.3) is 0 Å². The Morgan fingerprint density at radius 1 is 1.09 bits per heavy atom. The van der Waals surface area contributed by atoms with Crippen LogP contribution in [0.3, 0.4) is 0 Å². The Balaban J connectivity index is 1.31. The van der Waals surface area contributed by atoms with Crippen LogP contribution in [0.15, 0.2) is 24.3 Å². The second-order valence-electron chi connectivity index (χ2n) is 10.2. The van der Waals surface area contributed by atoms with Crippen molar-refractivity contribution in [1.82, 2.24) is 0 Å². The van der Waals surface area contributed by atoms with Crippen molar-refractivity contribution in [2.24, 2.45) is 5.41 Å². The van der Waals surface area contributed by atoms with Gasteiger partial charge in [-0.05, 0) is 56.9 Å². The second kappa shape index (κ2) is 8.70. The molecule has 9 nitrogen and oxygen atoms in total. The number of hydrogen-bond donors (Lipinski definition) is 3. The van der Waals surface area contributed by atoms with Crippen LogP contribution >= 0.6 is 0 Å². The van der Waals surface area contributed by atoms with Gasteiger partial charge in [-0.25, -0.2) is 0 Å². The molecule has 4 rings (SSSR count). The first-order chi connectivity index (χ1) is 15.5. The van der Waals surface area contributed by atoms with E-state index in [0.29, 0.717) is 17.9 Å². The molecule has 2 heterocycles. The van der Waals surface area contributed by atoms with Crippen molar-refractivity contribution >= 4 is 29.2 Å². The lowest BCUT2D eigenvalue weighted by atomic mass is 9.63. The first-order valence-electron chi connectivity index (χ1n) is 11.7. The molecule has 0 radical (unpaired) electrons. The number of amides is 2. The molecule has 0 unspecified atom stereocenters. The fourth-order valence-electron chi connectivity index (χ4n) is 6.03. The number of carbonyl (C=O) groups is 3. The Kier molecular flexibility index (Phi) is 6.24. The number of carboxylic acid groups (broad SMARTS) is 1. The molecule has 2 aliphatic heterocycles. The van der Waals surface area contributed by atoms with Crippen LogP contribution in [0, 0.1) is 10.6 Å². The van der Waals surface area contributed by atoms with Crippen molar-refractivity contribution in [1.29, 1.82) is 0 Å². The summed E-state index contributed by atoms with van der Waals surface area (Å²) in [6.07, 6.45) is 3.87. The van der Waals surface area contributed by atoms with Gasteiger partial charge in [-0.1, -0.05) is 6.92 Å². The number of quaternary nitrogens is 1. The molecule has 1 saturated carbocycles. The normalized spacial score (nSPS) is 34.5. The van der Waals surface area contributed by atoms with Gasteiger partial charge in [0.15, 0.2) is 6.54 Å². The summed E-state index contributed by atoms with van der Waals surface area (Å²) in [5, 5.41) is 28.0. The zero-order valence-electron chi connectivity index (χ0n) is 19.3. The second-order valence-corrected chi connectivity index (χ2v) is 10.2. The molecule has 3 N–H and O–H groups in total. The fraction of sp³-hybridized carbons (Fsp3) is 0.625. The molecule has 1 aromatic rings. The van der Waals surface area contributed by atoms with Crippen molar-refractivity contribution in [3.8, 4) is 0 Å². The number of carbonyl (C=O) groups excluding carboxylic acids is 2. The highest BCUT2D eigenvalue weighted by molar-refractivity contribution is 5.93. The molecule has 1 aromatic carbocycles. The Labute approximate surface area is 193 Å². The molecule has 180 valence electrons. The van der Waals surface area contributed by atoms with Crippen molar-refractivity contribution < 1.29 is 28.9 Å². The first kappa shape index (κ1) is 23.7. The molecule has 33 heavy (non-hydrogen) atoms. The Morgan fingerprint density at radius 2 is 1.73 bits per heavy atom. The summed E-state index contributed by atoms with van der Waals surface area (Å²) < 4.78 is 5.50. The number of nitrogens with one attached hydrogen (secondary N) is 2. The highest BCUT2D eigenvalue weighted by atomic mass is 16.6. The third kappa shape index (κ3) is 4.90. The first-order valence-corrected chi connectivity index (χ1v) is 11.7. The minimum absolute atomic E-state index is 0.0505. The van der Waals surface area contributed by atoms with Gasteiger partial charge in [-0.2, -0.15) is 0 Å². The highest BCUT2D eigenvalue weighted by Gasteiger charge is 2.70. The van der Waals surface area contributed by atoms with Gasteiger partial charge in [0.25, 0.3) is 5.91 Å². The van der Waals surface area contributed by atoms with Crippen LogP contribution in [0.1, 0.15) is 58.8 Å². The minimum atomic E-state index is -0.929. The maximum absolute atomic E-state index is 13.8. The maximum atomic E-state index is 13.8. The largest absolute Gasteiger partial charge is 0.632 e. The number of likely N-dealkylation sites (tertiary alicyclic amines) is 1. The molecular weight excluding hydrogens is 426 g/mol. The molecule has 0 bridgehead atoms. The SMILES string of the molecule is C[C@]12CCC[N@@+]([O-])(CC(=O)Nc3ccc(NC(=O)CCCC(=O)O)cc3)[C@@H]1CC[C@@]1(C)O[C@@H]21. The van der Waals surface area contributed by atoms with Gasteiger partial charge in [-0.3, -0.25) is 14.4 Å². The number of hydroxylamine groups is 3. The van der Waals surface area contributed by atoms with Gasteiger partial charge >= 0.3 is 5.97 Å². The predicted octanol–water partition coefficient (Wildman–Crippen LogP) is 3.25. The number of fused-ring (bicyclic) bond motifs is 3. The molecule has 2 amide bonds. The summed E-state index contributed by atoms with van der Waals surface area (Å²) in [6, 6.07) is 6.54. The smallest absolute Gasteiger partial charge is 0.303 e. The molecule has 9 heteroatoms. The zero-order valence-corrected chi connectivity index (χ0v) is 19.3. The van der Waals surface area contributed by atoms with E-state index in [1.165, 1.54) is 0 Å². The maximum Gasteiger partial charge on any atom is 0.303 e. The average Bonchev–Trinajstić information content (AvgIpc) is 3.42. The lowest BCUT2D eigenvalue weighted by Crippen LogP contribution is -2.66. The molecular formula is C24H33N3O6. The van der Waals surface area contributed by atoms with Gasteiger partial charge in [0.2, 0.25) is 5.91 Å². The third-order valence-corrected chi connectivity index (χ3v) is 7.64. The van der Waals surface area contributed by atoms with Gasteiger partial charge in [-0.15, -0.1) is 0 Å². The van der Waals surface area contributed by atoms with E-state index in [9.17, 15) is 19.6 Å². The van der Waals surface area contributed by atoms with E-state index in [0.717, 1.165) is 25.7 Å². The van der Waals surface area contributed by atoms with Crippen molar-refractivity contribution in [2.75, 3.05) is 23.7 Å². The quantitative estimate of drug-likeness (QED) is 0.311. The average molecular weight is 460 g/mol. The number of carboxylic acids is 1. The molecule has 5 atom stereocenters. The summed E-state index contributed by atoms with van der Waals surface area (Å²) in [6.45, 7) is 4.61. The number of ether oxygens (including phenoxy) is 1.